The fraction of sp³-hybridized carbons (Fsp3) is 0.556. The molecule has 0 aliphatic heterocycles. The number of carbonyl (C=O) groups is 1. The van der Waals surface area contributed by atoms with E-state index in [0.717, 1.165) is 4.31 Å². The molecule has 102 valence electrons. The van der Waals surface area contributed by atoms with Crippen molar-refractivity contribution < 1.29 is 18.3 Å². The van der Waals surface area contributed by atoms with Gasteiger partial charge < -0.3 is 5.11 Å². The zero-order chi connectivity index (χ0) is 13.6. The molecule has 0 spiro atoms. The number of rotatable bonds is 8. The first-order valence-corrected chi connectivity index (χ1v) is 6.76. The van der Waals surface area contributed by atoms with Gasteiger partial charge in [-0.2, -0.15) is 17.8 Å². The van der Waals surface area contributed by atoms with Gasteiger partial charge in [-0.05, 0) is 6.07 Å². The van der Waals surface area contributed by atoms with E-state index >= 15 is 0 Å². The summed E-state index contributed by atoms with van der Waals surface area (Å²) in [6.45, 7) is 0.548. The fourth-order valence-corrected chi connectivity index (χ4v) is 2.11. The van der Waals surface area contributed by atoms with E-state index in [2.05, 4.69) is 9.82 Å². The largest absolute Gasteiger partial charge is 0.481 e. The number of carboxylic acid groups (broad SMARTS) is 1. The normalized spacial score (nSPS) is 11.9. The third-order valence-electron chi connectivity index (χ3n) is 2.24. The molecule has 1 rings (SSSR count). The number of carboxylic acids is 1. The van der Waals surface area contributed by atoms with Crippen molar-refractivity contribution in [3.05, 3.63) is 18.5 Å². The van der Waals surface area contributed by atoms with Crippen LogP contribution in [0, 0.1) is 0 Å². The Kier molecular flexibility index (Phi) is 5.25. The van der Waals surface area contributed by atoms with Crippen molar-refractivity contribution in [1.29, 1.82) is 0 Å². The van der Waals surface area contributed by atoms with Gasteiger partial charge in [0.15, 0.2) is 0 Å². The standard InChI is InChI=1S/C9H16N4O4S/c1-12(7-3-9(14)15)18(16,17)11-5-8-13-6-2-4-10-13/h2,4,6,11H,3,5,7-8H2,1H3,(H,14,15). The summed E-state index contributed by atoms with van der Waals surface area (Å²) in [4.78, 5) is 10.3. The van der Waals surface area contributed by atoms with Gasteiger partial charge >= 0.3 is 5.97 Å². The maximum absolute atomic E-state index is 11.7. The lowest BCUT2D eigenvalue weighted by Crippen LogP contribution is -2.40. The minimum Gasteiger partial charge on any atom is -0.481 e. The first-order valence-electron chi connectivity index (χ1n) is 5.32. The van der Waals surface area contributed by atoms with Gasteiger partial charge in [-0.1, -0.05) is 0 Å². The van der Waals surface area contributed by atoms with E-state index in [1.54, 1.807) is 23.1 Å². The predicted octanol–water partition coefficient (Wildman–Crippen LogP) is -0.876. The van der Waals surface area contributed by atoms with E-state index in [1.165, 1.54) is 7.05 Å². The smallest absolute Gasteiger partial charge is 0.304 e. The van der Waals surface area contributed by atoms with Crippen LogP contribution in [0.5, 0.6) is 0 Å². The molecule has 0 saturated carbocycles. The molecule has 0 atom stereocenters. The molecule has 1 aromatic heterocycles. The van der Waals surface area contributed by atoms with E-state index in [4.69, 9.17) is 5.11 Å². The van der Waals surface area contributed by atoms with Gasteiger partial charge in [0, 0.05) is 32.5 Å². The van der Waals surface area contributed by atoms with E-state index in [-0.39, 0.29) is 19.5 Å². The van der Waals surface area contributed by atoms with Crippen LogP contribution in [0.3, 0.4) is 0 Å². The van der Waals surface area contributed by atoms with Gasteiger partial charge in [0.25, 0.3) is 10.2 Å². The maximum atomic E-state index is 11.7. The molecule has 0 bridgehead atoms. The summed E-state index contributed by atoms with van der Waals surface area (Å²) in [5.74, 6) is -1.03. The van der Waals surface area contributed by atoms with Crippen molar-refractivity contribution in [3.8, 4) is 0 Å². The Bertz CT molecular complexity index is 471. The molecule has 0 saturated heterocycles. The fourth-order valence-electron chi connectivity index (χ4n) is 1.21. The van der Waals surface area contributed by atoms with Gasteiger partial charge in [0.05, 0.1) is 13.0 Å². The average molecular weight is 276 g/mol. The van der Waals surface area contributed by atoms with Crippen molar-refractivity contribution in [2.75, 3.05) is 20.1 Å². The molecule has 0 unspecified atom stereocenters. The van der Waals surface area contributed by atoms with Gasteiger partial charge in [-0.15, -0.1) is 0 Å². The van der Waals surface area contributed by atoms with Crippen LogP contribution >= 0.6 is 0 Å². The highest BCUT2D eigenvalue weighted by Gasteiger charge is 2.17. The first-order chi connectivity index (χ1) is 8.42. The monoisotopic (exact) mass is 276 g/mol. The van der Waals surface area contributed by atoms with Crippen molar-refractivity contribution in [1.82, 2.24) is 18.8 Å². The van der Waals surface area contributed by atoms with Crippen LogP contribution in [-0.2, 0) is 21.5 Å². The van der Waals surface area contributed by atoms with E-state index < -0.39 is 16.2 Å². The second-order valence-corrected chi connectivity index (χ2v) is 5.50. The summed E-state index contributed by atoms with van der Waals surface area (Å²) in [6.07, 6.45) is 3.10. The Morgan fingerprint density at radius 3 is 2.83 bits per heavy atom. The highest BCUT2D eigenvalue weighted by Crippen LogP contribution is 1.96. The topological polar surface area (TPSA) is 105 Å². The van der Waals surface area contributed by atoms with Crippen molar-refractivity contribution in [2.24, 2.45) is 0 Å². The molecule has 0 fully saturated rings. The molecule has 0 amide bonds. The van der Waals surface area contributed by atoms with Crippen molar-refractivity contribution in [2.45, 2.75) is 13.0 Å². The predicted molar refractivity (Wildman–Crippen MR) is 64.0 cm³/mol. The van der Waals surface area contributed by atoms with E-state index in [1.807, 2.05) is 0 Å². The molecule has 2 N–H and O–H groups in total. The number of hydrogen-bond acceptors (Lipinski definition) is 4. The minimum atomic E-state index is -3.63. The summed E-state index contributed by atoms with van der Waals surface area (Å²) in [5.41, 5.74) is 0. The quantitative estimate of drug-likeness (QED) is 0.642. The maximum Gasteiger partial charge on any atom is 0.304 e. The molecule has 18 heavy (non-hydrogen) atoms. The molecule has 8 nitrogen and oxygen atoms in total. The molecule has 1 heterocycles. The lowest BCUT2D eigenvalue weighted by molar-refractivity contribution is -0.137. The van der Waals surface area contributed by atoms with Gasteiger partial charge in [-0.25, -0.2) is 4.72 Å². The third-order valence-corrected chi connectivity index (χ3v) is 3.81. The number of nitrogens with one attached hydrogen (secondary N) is 1. The molecule has 0 aliphatic carbocycles. The van der Waals surface area contributed by atoms with Crippen LogP contribution in [-0.4, -0.2) is 53.7 Å². The Morgan fingerprint density at radius 2 is 2.28 bits per heavy atom. The number of aromatic nitrogens is 2. The second-order valence-electron chi connectivity index (χ2n) is 3.63. The molecular formula is C9H16N4O4S. The molecule has 0 aromatic carbocycles. The van der Waals surface area contributed by atoms with Crippen LogP contribution in [0.4, 0.5) is 0 Å². The average Bonchev–Trinajstić information content (AvgIpc) is 2.78. The van der Waals surface area contributed by atoms with Crippen LogP contribution < -0.4 is 4.72 Å². The Hall–Kier alpha value is -1.45. The SMILES string of the molecule is CN(CCC(=O)O)S(=O)(=O)NCCn1cccn1. The molecule has 0 aliphatic rings. The molecule has 1 aromatic rings. The van der Waals surface area contributed by atoms with Crippen LogP contribution in [0.2, 0.25) is 0 Å². The second kappa shape index (κ2) is 6.47. The van der Waals surface area contributed by atoms with Crippen molar-refractivity contribution in [3.63, 3.8) is 0 Å². The first kappa shape index (κ1) is 14.6. The third kappa shape index (κ3) is 4.82. The highest BCUT2D eigenvalue weighted by atomic mass is 32.2. The zero-order valence-electron chi connectivity index (χ0n) is 9.98. The summed E-state index contributed by atoms with van der Waals surface area (Å²) in [6, 6.07) is 1.74. The summed E-state index contributed by atoms with van der Waals surface area (Å²) in [5, 5.41) is 12.4. The van der Waals surface area contributed by atoms with Crippen LogP contribution in [0.15, 0.2) is 18.5 Å². The van der Waals surface area contributed by atoms with E-state index in [0.29, 0.717) is 6.54 Å². The molecule has 0 radical (unpaired) electrons. The summed E-state index contributed by atoms with van der Waals surface area (Å²) in [7, 11) is -2.30. The Morgan fingerprint density at radius 1 is 1.56 bits per heavy atom. The van der Waals surface area contributed by atoms with Gasteiger partial charge in [-0.3, -0.25) is 9.48 Å². The number of aliphatic carboxylic acids is 1. The van der Waals surface area contributed by atoms with Crippen LogP contribution in [0.25, 0.3) is 0 Å². The number of hydrogen-bond donors (Lipinski definition) is 2. The molecular weight excluding hydrogens is 260 g/mol. The van der Waals surface area contributed by atoms with E-state index in [9.17, 15) is 13.2 Å². The summed E-state index contributed by atoms with van der Waals surface area (Å²) < 4.78 is 28.3. The van der Waals surface area contributed by atoms with Crippen LogP contribution in [0.1, 0.15) is 6.42 Å². The van der Waals surface area contributed by atoms with Gasteiger partial charge in [0.1, 0.15) is 0 Å². The highest BCUT2D eigenvalue weighted by molar-refractivity contribution is 7.87. The lowest BCUT2D eigenvalue weighted by atomic mass is 10.4. The summed E-state index contributed by atoms with van der Waals surface area (Å²) >= 11 is 0. The zero-order valence-corrected chi connectivity index (χ0v) is 10.8. The van der Waals surface area contributed by atoms with Gasteiger partial charge in [0.2, 0.25) is 0 Å². The molecule has 9 heteroatoms. The number of nitrogens with zero attached hydrogens (tertiary/aromatic N) is 3. The van der Waals surface area contributed by atoms with Crippen molar-refractivity contribution >= 4 is 16.2 Å². The minimum absolute atomic E-state index is 0.0631. The Balaban J connectivity index is 2.36. The Labute approximate surface area is 105 Å². The lowest BCUT2D eigenvalue weighted by Gasteiger charge is -2.16.